The van der Waals surface area contributed by atoms with Crippen LogP contribution in [0.3, 0.4) is 0 Å². The average molecular weight is 225 g/mol. The average Bonchev–Trinajstić information content (AvgIpc) is 2.26. The Morgan fingerprint density at radius 2 is 2.06 bits per heavy atom. The molecule has 0 amide bonds. The van der Waals surface area contributed by atoms with Gasteiger partial charge in [0.25, 0.3) is 0 Å². The summed E-state index contributed by atoms with van der Waals surface area (Å²) in [4.78, 5) is 10.2. The molecule has 0 saturated heterocycles. The molecule has 0 heterocycles. The van der Waals surface area contributed by atoms with Gasteiger partial charge < -0.3 is 9.84 Å². The molecule has 1 N–H and O–H groups in total. The Bertz CT molecular complexity index is 390. The molecule has 5 nitrogen and oxygen atoms in total. The lowest BCUT2D eigenvalue weighted by atomic mass is 9.96. The molecule has 0 radical (unpaired) electrons. The van der Waals surface area contributed by atoms with Gasteiger partial charge in [0.2, 0.25) is 0 Å². The molecule has 0 aromatic heterocycles. The maximum atomic E-state index is 10.7. The summed E-state index contributed by atoms with van der Waals surface area (Å²) in [5, 5.41) is 20.1. The van der Waals surface area contributed by atoms with E-state index in [0.717, 1.165) is 5.56 Å². The first-order chi connectivity index (χ1) is 7.47. The van der Waals surface area contributed by atoms with E-state index < -0.39 is 11.0 Å². The lowest BCUT2D eigenvalue weighted by Gasteiger charge is -2.15. The van der Waals surface area contributed by atoms with Crippen LogP contribution in [0.25, 0.3) is 0 Å². The van der Waals surface area contributed by atoms with Crippen LogP contribution in [0.2, 0.25) is 0 Å². The zero-order chi connectivity index (χ0) is 12.3. The van der Waals surface area contributed by atoms with Gasteiger partial charge in [0.15, 0.2) is 5.75 Å². The summed E-state index contributed by atoms with van der Waals surface area (Å²) in [6, 6.07) is 4.63. The van der Waals surface area contributed by atoms with Gasteiger partial charge in [-0.3, -0.25) is 10.1 Å². The summed E-state index contributed by atoms with van der Waals surface area (Å²) < 4.78 is 4.95. The monoisotopic (exact) mass is 225 g/mol. The third kappa shape index (κ3) is 2.49. The van der Waals surface area contributed by atoms with Crippen molar-refractivity contribution in [2.75, 3.05) is 7.11 Å². The summed E-state index contributed by atoms with van der Waals surface area (Å²) in [5.41, 5.74) is 0.751. The fourth-order valence-corrected chi connectivity index (χ4v) is 1.41. The molecule has 1 aromatic rings. The van der Waals surface area contributed by atoms with E-state index in [1.165, 1.54) is 13.2 Å². The summed E-state index contributed by atoms with van der Waals surface area (Å²) >= 11 is 0. The van der Waals surface area contributed by atoms with Gasteiger partial charge in [-0.1, -0.05) is 13.0 Å². The molecular weight excluding hydrogens is 210 g/mol. The number of rotatable bonds is 4. The van der Waals surface area contributed by atoms with Crippen LogP contribution in [0.5, 0.6) is 5.75 Å². The van der Waals surface area contributed by atoms with Crippen LogP contribution in [0.15, 0.2) is 18.2 Å². The van der Waals surface area contributed by atoms with Crippen molar-refractivity contribution in [1.82, 2.24) is 0 Å². The molecule has 0 aliphatic rings. The molecular formula is C11H15NO4. The predicted octanol–water partition coefficient (Wildman–Crippen LogP) is 2.09. The molecule has 0 bridgehead atoms. The lowest BCUT2D eigenvalue weighted by Crippen LogP contribution is -2.11. The van der Waals surface area contributed by atoms with Crippen molar-refractivity contribution in [2.45, 2.75) is 25.9 Å². The fourth-order valence-electron chi connectivity index (χ4n) is 1.41. The SMILES string of the molecule is COc1cc(C(C)C(C)O)ccc1[N+](=O)[O-]. The topological polar surface area (TPSA) is 72.6 Å². The number of aliphatic hydroxyl groups is 1. The number of aliphatic hydroxyl groups excluding tert-OH is 1. The van der Waals surface area contributed by atoms with Crippen LogP contribution < -0.4 is 4.74 Å². The van der Waals surface area contributed by atoms with E-state index in [1.54, 1.807) is 19.1 Å². The Kier molecular flexibility index (Phi) is 3.84. The van der Waals surface area contributed by atoms with Crippen molar-refractivity contribution in [3.05, 3.63) is 33.9 Å². The van der Waals surface area contributed by atoms with Gasteiger partial charge in [-0.25, -0.2) is 0 Å². The third-order valence-corrected chi connectivity index (χ3v) is 2.65. The van der Waals surface area contributed by atoms with Gasteiger partial charge in [0.05, 0.1) is 18.1 Å². The first-order valence-corrected chi connectivity index (χ1v) is 4.97. The molecule has 0 aliphatic heterocycles. The standard InChI is InChI=1S/C11H15NO4/c1-7(8(2)13)9-4-5-10(12(14)15)11(6-9)16-3/h4-8,13H,1-3H3. The minimum atomic E-state index is -0.508. The molecule has 16 heavy (non-hydrogen) atoms. The zero-order valence-electron chi connectivity index (χ0n) is 9.51. The van der Waals surface area contributed by atoms with Crippen molar-refractivity contribution in [1.29, 1.82) is 0 Å². The summed E-state index contributed by atoms with van der Waals surface area (Å²) in [5.74, 6) is 0.129. The maximum absolute atomic E-state index is 10.7. The minimum absolute atomic E-state index is 0.0657. The van der Waals surface area contributed by atoms with E-state index in [0.29, 0.717) is 0 Å². The first-order valence-electron chi connectivity index (χ1n) is 4.97. The van der Waals surface area contributed by atoms with Gasteiger partial charge in [0, 0.05) is 12.0 Å². The van der Waals surface area contributed by atoms with E-state index in [4.69, 9.17) is 4.74 Å². The largest absolute Gasteiger partial charge is 0.490 e. The Balaban J connectivity index is 3.13. The van der Waals surface area contributed by atoms with Crippen LogP contribution in [0.4, 0.5) is 5.69 Å². The normalized spacial score (nSPS) is 14.2. The lowest BCUT2D eigenvalue weighted by molar-refractivity contribution is -0.385. The number of benzene rings is 1. The van der Waals surface area contributed by atoms with Crippen molar-refractivity contribution in [2.24, 2.45) is 0 Å². The molecule has 0 aliphatic carbocycles. The number of methoxy groups -OCH3 is 1. The number of hydrogen-bond donors (Lipinski definition) is 1. The van der Waals surface area contributed by atoms with Crippen LogP contribution in [0, 0.1) is 10.1 Å². The Labute approximate surface area is 93.8 Å². The molecule has 0 spiro atoms. The highest BCUT2D eigenvalue weighted by atomic mass is 16.6. The smallest absolute Gasteiger partial charge is 0.310 e. The van der Waals surface area contributed by atoms with E-state index in [-0.39, 0.29) is 17.4 Å². The third-order valence-electron chi connectivity index (χ3n) is 2.65. The van der Waals surface area contributed by atoms with E-state index in [9.17, 15) is 15.2 Å². The number of nitro groups is 1. The zero-order valence-corrected chi connectivity index (χ0v) is 9.51. The highest BCUT2D eigenvalue weighted by Gasteiger charge is 2.18. The van der Waals surface area contributed by atoms with E-state index in [2.05, 4.69) is 0 Å². The predicted molar refractivity (Wildman–Crippen MR) is 59.7 cm³/mol. The van der Waals surface area contributed by atoms with Gasteiger partial charge in [-0.15, -0.1) is 0 Å². The Morgan fingerprint density at radius 1 is 1.44 bits per heavy atom. The number of hydrogen-bond acceptors (Lipinski definition) is 4. The van der Waals surface area contributed by atoms with E-state index >= 15 is 0 Å². The molecule has 1 aromatic carbocycles. The summed E-state index contributed by atoms with van der Waals surface area (Å²) in [6.07, 6.45) is -0.508. The fraction of sp³-hybridized carbons (Fsp3) is 0.455. The number of nitrogens with zero attached hydrogens (tertiary/aromatic N) is 1. The van der Waals surface area contributed by atoms with E-state index in [1.807, 2.05) is 6.92 Å². The second-order valence-corrected chi connectivity index (χ2v) is 3.72. The van der Waals surface area contributed by atoms with Gasteiger partial charge >= 0.3 is 5.69 Å². The van der Waals surface area contributed by atoms with Crippen molar-refractivity contribution in [3.8, 4) is 5.75 Å². The molecule has 0 fully saturated rings. The van der Waals surface area contributed by atoms with Gasteiger partial charge in [-0.05, 0) is 18.6 Å². The second kappa shape index (κ2) is 4.94. The minimum Gasteiger partial charge on any atom is -0.490 e. The Hall–Kier alpha value is -1.62. The quantitative estimate of drug-likeness (QED) is 0.629. The van der Waals surface area contributed by atoms with Crippen LogP contribution in [0.1, 0.15) is 25.3 Å². The molecule has 88 valence electrons. The van der Waals surface area contributed by atoms with Crippen molar-refractivity contribution >= 4 is 5.69 Å². The molecule has 1 rings (SSSR count). The molecule has 2 unspecified atom stereocenters. The van der Waals surface area contributed by atoms with Crippen LogP contribution >= 0.6 is 0 Å². The molecule has 2 atom stereocenters. The molecule has 5 heteroatoms. The maximum Gasteiger partial charge on any atom is 0.310 e. The first kappa shape index (κ1) is 12.4. The summed E-state index contributed by atoms with van der Waals surface area (Å²) in [7, 11) is 1.39. The highest BCUT2D eigenvalue weighted by Crippen LogP contribution is 2.31. The van der Waals surface area contributed by atoms with Gasteiger partial charge in [-0.2, -0.15) is 0 Å². The highest BCUT2D eigenvalue weighted by molar-refractivity contribution is 5.49. The van der Waals surface area contributed by atoms with Crippen molar-refractivity contribution < 1.29 is 14.8 Å². The number of ether oxygens (including phenoxy) is 1. The molecule has 0 saturated carbocycles. The van der Waals surface area contributed by atoms with Crippen molar-refractivity contribution in [3.63, 3.8) is 0 Å². The Morgan fingerprint density at radius 3 is 2.50 bits per heavy atom. The summed E-state index contributed by atoms with van der Waals surface area (Å²) in [6.45, 7) is 3.53. The van der Waals surface area contributed by atoms with Crippen LogP contribution in [-0.2, 0) is 0 Å². The number of nitro benzene ring substituents is 1. The second-order valence-electron chi connectivity index (χ2n) is 3.72. The van der Waals surface area contributed by atoms with Gasteiger partial charge in [0.1, 0.15) is 0 Å². The van der Waals surface area contributed by atoms with Crippen LogP contribution in [-0.4, -0.2) is 23.2 Å².